The predicted octanol–water partition coefficient (Wildman–Crippen LogP) is 2.25. The van der Waals surface area contributed by atoms with Gasteiger partial charge < -0.3 is 5.11 Å². The first kappa shape index (κ1) is 16.0. The van der Waals surface area contributed by atoms with Crippen LogP contribution in [0.25, 0.3) is 5.65 Å². The van der Waals surface area contributed by atoms with E-state index >= 15 is 0 Å². The number of benzene rings is 1. The van der Waals surface area contributed by atoms with Crippen molar-refractivity contribution >= 4 is 11.6 Å². The SMILES string of the molecule is Cc1nc2c(Cc3ccccc3)c(C)[nH]n2c(=O)c1CCC(=O)O. The van der Waals surface area contributed by atoms with Gasteiger partial charge in [0.25, 0.3) is 5.56 Å². The summed E-state index contributed by atoms with van der Waals surface area (Å²) >= 11 is 0. The monoisotopic (exact) mass is 325 g/mol. The van der Waals surface area contributed by atoms with E-state index in [2.05, 4.69) is 10.1 Å². The third-order valence-electron chi connectivity index (χ3n) is 4.20. The summed E-state index contributed by atoms with van der Waals surface area (Å²) in [6.45, 7) is 3.67. The molecule has 0 unspecified atom stereocenters. The van der Waals surface area contributed by atoms with E-state index in [1.165, 1.54) is 4.52 Å². The third-order valence-corrected chi connectivity index (χ3v) is 4.20. The highest BCUT2D eigenvalue weighted by atomic mass is 16.4. The molecule has 0 aliphatic heterocycles. The van der Waals surface area contributed by atoms with E-state index in [1.54, 1.807) is 6.92 Å². The molecule has 124 valence electrons. The molecule has 0 radical (unpaired) electrons. The number of aryl methyl sites for hydroxylation is 2. The van der Waals surface area contributed by atoms with Crippen molar-refractivity contribution in [1.82, 2.24) is 14.6 Å². The Balaban J connectivity index is 2.08. The van der Waals surface area contributed by atoms with Crippen molar-refractivity contribution in [2.24, 2.45) is 0 Å². The molecule has 0 bridgehead atoms. The van der Waals surface area contributed by atoms with Gasteiger partial charge in [-0.05, 0) is 25.8 Å². The zero-order valence-electron chi connectivity index (χ0n) is 13.7. The van der Waals surface area contributed by atoms with Gasteiger partial charge in [0, 0.05) is 35.4 Å². The molecule has 0 amide bonds. The van der Waals surface area contributed by atoms with E-state index in [0.29, 0.717) is 23.3 Å². The van der Waals surface area contributed by atoms with Crippen LogP contribution in [0.15, 0.2) is 35.1 Å². The number of nitrogens with one attached hydrogen (secondary N) is 1. The predicted molar refractivity (Wildman–Crippen MR) is 90.5 cm³/mol. The van der Waals surface area contributed by atoms with Crippen LogP contribution < -0.4 is 5.56 Å². The zero-order chi connectivity index (χ0) is 17.3. The molecule has 0 saturated heterocycles. The molecule has 2 N–H and O–H groups in total. The van der Waals surface area contributed by atoms with Gasteiger partial charge in [-0.1, -0.05) is 30.3 Å². The summed E-state index contributed by atoms with van der Waals surface area (Å²) in [5.74, 6) is -0.925. The molecule has 1 aromatic carbocycles. The Labute approximate surface area is 138 Å². The maximum atomic E-state index is 12.7. The molecule has 6 heteroatoms. The largest absolute Gasteiger partial charge is 0.481 e. The van der Waals surface area contributed by atoms with Crippen LogP contribution in [-0.4, -0.2) is 25.7 Å². The van der Waals surface area contributed by atoms with Crippen LogP contribution in [0.2, 0.25) is 0 Å². The van der Waals surface area contributed by atoms with Gasteiger partial charge in [0.1, 0.15) is 0 Å². The second-order valence-corrected chi connectivity index (χ2v) is 5.91. The zero-order valence-corrected chi connectivity index (χ0v) is 13.7. The number of aliphatic carboxylic acids is 1. The standard InChI is InChI=1S/C18H19N3O3/c1-11-14(8-9-16(22)23)18(24)21-17(19-11)15(12(2)20-21)10-13-6-4-3-5-7-13/h3-7,20H,8-10H2,1-2H3,(H,22,23). The minimum absolute atomic E-state index is 0.0829. The molecule has 0 aliphatic carbocycles. The number of hydrogen-bond donors (Lipinski definition) is 2. The molecule has 3 aromatic rings. The van der Waals surface area contributed by atoms with Crippen LogP contribution in [0.3, 0.4) is 0 Å². The number of nitrogens with zero attached hydrogens (tertiary/aromatic N) is 2. The normalized spacial score (nSPS) is 11.1. The topological polar surface area (TPSA) is 87.5 Å². The highest BCUT2D eigenvalue weighted by Gasteiger charge is 2.17. The Hall–Kier alpha value is -2.89. The fourth-order valence-corrected chi connectivity index (χ4v) is 2.90. The first-order chi connectivity index (χ1) is 11.5. The lowest BCUT2D eigenvalue weighted by Gasteiger charge is -2.05. The van der Waals surface area contributed by atoms with Gasteiger partial charge in [-0.2, -0.15) is 0 Å². The van der Waals surface area contributed by atoms with Crippen molar-refractivity contribution in [3.05, 3.63) is 68.8 Å². The summed E-state index contributed by atoms with van der Waals surface area (Å²) < 4.78 is 1.43. The van der Waals surface area contributed by atoms with E-state index in [9.17, 15) is 9.59 Å². The highest BCUT2D eigenvalue weighted by molar-refractivity contribution is 5.67. The van der Waals surface area contributed by atoms with Crippen LogP contribution in [-0.2, 0) is 17.6 Å². The molecule has 0 atom stereocenters. The van der Waals surface area contributed by atoms with Crippen LogP contribution in [0, 0.1) is 13.8 Å². The van der Waals surface area contributed by atoms with Gasteiger partial charge in [-0.25, -0.2) is 9.50 Å². The number of carboxylic acid groups (broad SMARTS) is 1. The van der Waals surface area contributed by atoms with Gasteiger partial charge in [0.15, 0.2) is 5.65 Å². The molecule has 24 heavy (non-hydrogen) atoms. The van der Waals surface area contributed by atoms with Gasteiger partial charge >= 0.3 is 5.97 Å². The van der Waals surface area contributed by atoms with E-state index in [4.69, 9.17) is 5.11 Å². The maximum Gasteiger partial charge on any atom is 0.303 e. The number of rotatable bonds is 5. The number of aromatic amines is 1. The van der Waals surface area contributed by atoms with Gasteiger partial charge in [0.05, 0.1) is 0 Å². The Bertz CT molecular complexity index is 955. The molecule has 0 aliphatic rings. The molecule has 0 fully saturated rings. The van der Waals surface area contributed by atoms with Crippen LogP contribution in [0.1, 0.15) is 34.5 Å². The van der Waals surface area contributed by atoms with E-state index in [0.717, 1.165) is 16.8 Å². The summed E-state index contributed by atoms with van der Waals surface area (Å²) in [4.78, 5) is 28.0. The first-order valence-corrected chi connectivity index (χ1v) is 7.82. The van der Waals surface area contributed by atoms with Crippen LogP contribution >= 0.6 is 0 Å². The van der Waals surface area contributed by atoms with Crippen molar-refractivity contribution in [3.63, 3.8) is 0 Å². The average Bonchev–Trinajstić information content (AvgIpc) is 2.85. The number of hydrogen-bond acceptors (Lipinski definition) is 3. The molecule has 2 heterocycles. The number of H-pyrrole nitrogens is 1. The Morgan fingerprint density at radius 3 is 2.58 bits per heavy atom. The van der Waals surface area contributed by atoms with Crippen LogP contribution in [0.4, 0.5) is 0 Å². The molecular formula is C18H19N3O3. The summed E-state index contributed by atoms with van der Waals surface area (Å²) in [6, 6.07) is 10.0. The van der Waals surface area contributed by atoms with E-state index in [-0.39, 0.29) is 18.4 Å². The number of fused-ring (bicyclic) bond motifs is 1. The lowest BCUT2D eigenvalue weighted by atomic mass is 10.1. The number of carboxylic acids is 1. The van der Waals surface area contributed by atoms with E-state index in [1.807, 2.05) is 37.3 Å². The Morgan fingerprint density at radius 2 is 1.92 bits per heavy atom. The smallest absolute Gasteiger partial charge is 0.303 e. The minimum Gasteiger partial charge on any atom is -0.481 e. The second-order valence-electron chi connectivity index (χ2n) is 5.91. The molecule has 2 aromatic heterocycles. The fraction of sp³-hybridized carbons (Fsp3) is 0.278. The van der Waals surface area contributed by atoms with E-state index < -0.39 is 5.97 Å². The van der Waals surface area contributed by atoms with Crippen molar-refractivity contribution in [2.45, 2.75) is 33.1 Å². The molecule has 0 saturated carbocycles. The first-order valence-electron chi connectivity index (χ1n) is 7.82. The number of aromatic nitrogens is 3. The summed E-state index contributed by atoms with van der Waals surface area (Å²) in [5, 5.41) is 11.9. The Morgan fingerprint density at radius 1 is 1.21 bits per heavy atom. The van der Waals surface area contributed by atoms with Crippen molar-refractivity contribution in [1.29, 1.82) is 0 Å². The quantitative estimate of drug-likeness (QED) is 0.753. The van der Waals surface area contributed by atoms with Crippen molar-refractivity contribution in [3.8, 4) is 0 Å². The highest BCUT2D eigenvalue weighted by Crippen LogP contribution is 2.18. The number of carbonyl (C=O) groups is 1. The third kappa shape index (κ3) is 2.95. The lowest BCUT2D eigenvalue weighted by molar-refractivity contribution is -0.136. The Kier molecular flexibility index (Phi) is 4.20. The molecule has 3 rings (SSSR count). The second kappa shape index (κ2) is 6.31. The minimum atomic E-state index is -0.925. The maximum absolute atomic E-state index is 12.7. The summed E-state index contributed by atoms with van der Waals surface area (Å²) in [5.41, 5.74) is 4.43. The molecular weight excluding hydrogens is 306 g/mol. The summed E-state index contributed by atoms with van der Waals surface area (Å²) in [7, 11) is 0. The van der Waals surface area contributed by atoms with Gasteiger partial charge in [-0.3, -0.25) is 14.7 Å². The van der Waals surface area contributed by atoms with Gasteiger partial charge in [-0.15, -0.1) is 0 Å². The van der Waals surface area contributed by atoms with Crippen molar-refractivity contribution in [2.75, 3.05) is 0 Å². The summed E-state index contributed by atoms with van der Waals surface area (Å²) in [6.07, 6.45) is 0.780. The van der Waals surface area contributed by atoms with Gasteiger partial charge in [0.2, 0.25) is 0 Å². The van der Waals surface area contributed by atoms with Crippen molar-refractivity contribution < 1.29 is 9.90 Å². The molecule has 0 spiro atoms. The molecule has 6 nitrogen and oxygen atoms in total. The fourth-order valence-electron chi connectivity index (χ4n) is 2.90. The van der Waals surface area contributed by atoms with Crippen LogP contribution in [0.5, 0.6) is 0 Å². The average molecular weight is 325 g/mol. The lowest BCUT2D eigenvalue weighted by Crippen LogP contribution is -2.22.